The van der Waals surface area contributed by atoms with Crippen LogP contribution >= 0.6 is 0 Å². The number of aromatic nitrogens is 2. The first-order chi connectivity index (χ1) is 10.3. The summed E-state index contributed by atoms with van der Waals surface area (Å²) in [5.74, 6) is 0.585. The molecule has 1 aromatic heterocycles. The fourth-order valence-corrected chi connectivity index (χ4v) is 2.62. The molecular weight excluding hydrogens is 268 g/mol. The van der Waals surface area contributed by atoms with Crippen molar-refractivity contribution in [2.45, 2.75) is 18.9 Å². The van der Waals surface area contributed by atoms with E-state index in [0.717, 1.165) is 31.5 Å². The van der Waals surface area contributed by atoms with E-state index in [1.807, 2.05) is 36.2 Å². The van der Waals surface area contributed by atoms with E-state index in [-0.39, 0.29) is 5.91 Å². The molecule has 2 heterocycles. The molecule has 21 heavy (non-hydrogen) atoms. The molecule has 0 atom stereocenters. The number of nitrogens with one attached hydrogen (secondary N) is 1. The van der Waals surface area contributed by atoms with Gasteiger partial charge in [-0.1, -0.05) is 17.3 Å². The van der Waals surface area contributed by atoms with Gasteiger partial charge in [-0.25, -0.2) is 0 Å². The number of nitrogens with zero attached hydrogens (tertiary/aromatic N) is 3. The smallest absolute Gasteiger partial charge is 0.253 e. The summed E-state index contributed by atoms with van der Waals surface area (Å²) in [7, 11) is 1.88. The standard InChI is InChI=1S/C15H18N4O2/c1-19(13-6-8-16-9-7-13)15(20)12-4-2-11(3-5-12)14-17-10-21-18-14/h2-5,10,13,16H,6-9H2,1H3. The molecule has 3 rings (SSSR count). The van der Waals surface area contributed by atoms with Gasteiger partial charge in [0.2, 0.25) is 12.2 Å². The third-order valence-corrected chi connectivity index (χ3v) is 3.93. The van der Waals surface area contributed by atoms with E-state index >= 15 is 0 Å². The van der Waals surface area contributed by atoms with Gasteiger partial charge in [-0.15, -0.1) is 0 Å². The molecule has 0 saturated carbocycles. The highest BCUT2D eigenvalue weighted by Crippen LogP contribution is 2.18. The molecule has 1 aromatic carbocycles. The number of carbonyl (C=O) groups excluding carboxylic acids is 1. The Morgan fingerprint density at radius 1 is 1.29 bits per heavy atom. The second-order valence-electron chi connectivity index (χ2n) is 5.23. The molecule has 6 heteroatoms. The predicted molar refractivity (Wildman–Crippen MR) is 77.7 cm³/mol. The number of piperidine rings is 1. The number of hydrogen-bond acceptors (Lipinski definition) is 5. The number of carbonyl (C=O) groups is 1. The van der Waals surface area contributed by atoms with E-state index < -0.39 is 0 Å². The van der Waals surface area contributed by atoms with E-state index in [1.165, 1.54) is 6.39 Å². The lowest BCUT2D eigenvalue weighted by Gasteiger charge is -2.31. The average molecular weight is 286 g/mol. The van der Waals surface area contributed by atoms with Crippen LogP contribution in [0.3, 0.4) is 0 Å². The minimum Gasteiger partial charge on any atom is -0.342 e. The fraction of sp³-hybridized carbons (Fsp3) is 0.400. The van der Waals surface area contributed by atoms with Gasteiger partial charge >= 0.3 is 0 Å². The molecule has 1 saturated heterocycles. The lowest BCUT2D eigenvalue weighted by molar-refractivity contribution is 0.0703. The quantitative estimate of drug-likeness (QED) is 0.927. The zero-order chi connectivity index (χ0) is 14.7. The van der Waals surface area contributed by atoms with Crippen LogP contribution in [0.25, 0.3) is 11.4 Å². The molecule has 0 aliphatic carbocycles. The summed E-state index contributed by atoms with van der Waals surface area (Å²) in [5.41, 5.74) is 1.52. The number of rotatable bonds is 3. The predicted octanol–water partition coefficient (Wildman–Crippen LogP) is 1.56. The number of hydrogen-bond donors (Lipinski definition) is 1. The molecule has 0 unspecified atom stereocenters. The Hall–Kier alpha value is -2.21. The lowest BCUT2D eigenvalue weighted by atomic mass is 10.0. The van der Waals surface area contributed by atoms with Gasteiger partial charge in [-0.3, -0.25) is 4.79 Å². The largest absolute Gasteiger partial charge is 0.342 e. The summed E-state index contributed by atoms with van der Waals surface area (Å²) in [4.78, 5) is 18.3. The molecule has 6 nitrogen and oxygen atoms in total. The van der Waals surface area contributed by atoms with E-state index in [4.69, 9.17) is 4.52 Å². The van der Waals surface area contributed by atoms with E-state index in [1.54, 1.807) is 0 Å². The van der Waals surface area contributed by atoms with Crippen molar-refractivity contribution in [1.29, 1.82) is 0 Å². The lowest BCUT2D eigenvalue weighted by Crippen LogP contribution is -2.43. The van der Waals surface area contributed by atoms with Crippen LogP contribution in [0.15, 0.2) is 35.2 Å². The van der Waals surface area contributed by atoms with Gasteiger partial charge in [0.1, 0.15) is 0 Å². The molecule has 1 aliphatic rings. The third-order valence-electron chi connectivity index (χ3n) is 3.93. The normalized spacial score (nSPS) is 15.9. The molecule has 1 N–H and O–H groups in total. The second-order valence-corrected chi connectivity index (χ2v) is 5.23. The summed E-state index contributed by atoms with van der Waals surface area (Å²) in [6, 6.07) is 7.62. The van der Waals surface area contributed by atoms with Crippen LogP contribution in [0.4, 0.5) is 0 Å². The van der Waals surface area contributed by atoms with Crippen molar-refractivity contribution in [3.05, 3.63) is 36.2 Å². The van der Waals surface area contributed by atoms with Crippen molar-refractivity contribution in [1.82, 2.24) is 20.4 Å². The summed E-state index contributed by atoms with van der Waals surface area (Å²) in [5, 5.41) is 7.09. The fourth-order valence-electron chi connectivity index (χ4n) is 2.62. The topological polar surface area (TPSA) is 71.3 Å². The van der Waals surface area contributed by atoms with Gasteiger partial charge in [0.15, 0.2) is 0 Å². The highest BCUT2D eigenvalue weighted by Gasteiger charge is 2.22. The maximum Gasteiger partial charge on any atom is 0.253 e. The Morgan fingerprint density at radius 3 is 2.62 bits per heavy atom. The zero-order valence-electron chi connectivity index (χ0n) is 12.0. The molecule has 0 bridgehead atoms. The Kier molecular flexibility index (Phi) is 3.96. The average Bonchev–Trinajstić information content (AvgIpc) is 3.09. The summed E-state index contributed by atoms with van der Waals surface area (Å²) >= 11 is 0. The minimum absolute atomic E-state index is 0.0570. The monoisotopic (exact) mass is 286 g/mol. The third kappa shape index (κ3) is 2.95. The number of benzene rings is 1. The van der Waals surface area contributed by atoms with Gasteiger partial charge < -0.3 is 14.7 Å². The highest BCUT2D eigenvalue weighted by molar-refractivity contribution is 5.94. The molecule has 0 spiro atoms. The minimum atomic E-state index is 0.0570. The van der Waals surface area contributed by atoms with Crippen LogP contribution in [0, 0.1) is 0 Å². The number of amides is 1. The van der Waals surface area contributed by atoms with Crippen LogP contribution < -0.4 is 5.32 Å². The van der Waals surface area contributed by atoms with E-state index in [2.05, 4.69) is 15.5 Å². The van der Waals surface area contributed by atoms with Crippen molar-refractivity contribution in [2.75, 3.05) is 20.1 Å². The second kappa shape index (κ2) is 6.05. The maximum absolute atomic E-state index is 12.5. The van der Waals surface area contributed by atoms with E-state index in [9.17, 15) is 4.79 Å². The molecule has 0 radical (unpaired) electrons. The summed E-state index contributed by atoms with van der Waals surface area (Å²) in [6.07, 6.45) is 3.30. The van der Waals surface area contributed by atoms with Crippen molar-refractivity contribution in [3.8, 4) is 11.4 Å². The zero-order valence-corrected chi connectivity index (χ0v) is 12.0. The van der Waals surface area contributed by atoms with Crippen molar-refractivity contribution in [2.24, 2.45) is 0 Å². The van der Waals surface area contributed by atoms with Gasteiger partial charge in [-0.05, 0) is 38.1 Å². The van der Waals surface area contributed by atoms with Crippen LogP contribution in [0.1, 0.15) is 23.2 Å². The van der Waals surface area contributed by atoms with Crippen molar-refractivity contribution >= 4 is 5.91 Å². The van der Waals surface area contributed by atoms with Crippen LogP contribution in [-0.4, -0.2) is 47.1 Å². The first-order valence-corrected chi connectivity index (χ1v) is 7.10. The molecule has 1 amide bonds. The summed E-state index contributed by atoms with van der Waals surface area (Å²) < 4.78 is 4.72. The molecule has 110 valence electrons. The summed E-state index contributed by atoms with van der Waals surface area (Å²) in [6.45, 7) is 1.94. The first-order valence-electron chi connectivity index (χ1n) is 7.10. The van der Waals surface area contributed by atoms with Crippen LogP contribution in [-0.2, 0) is 0 Å². The highest BCUT2D eigenvalue weighted by atomic mass is 16.5. The molecule has 1 fully saturated rings. The molecular formula is C15H18N4O2. The van der Waals surface area contributed by atoms with Gasteiger partial charge in [-0.2, -0.15) is 4.98 Å². The van der Waals surface area contributed by atoms with Gasteiger partial charge in [0.25, 0.3) is 5.91 Å². The van der Waals surface area contributed by atoms with E-state index in [0.29, 0.717) is 17.4 Å². The molecule has 2 aromatic rings. The Balaban J connectivity index is 1.72. The van der Waals surface area contributed by atoms with Crippen molar-refractivity contribution in [3.63, 3.8) is 0 Å². The Morgan fingerprint density at radius 2 is 2.00 bits per heavy atom. The van der Waals surface area contributed by atoms with Crippen molar-refractivity contribution < 1.29 is 9.32 Å². The first kappa shape index (κ1) is 13.8. The SMILES string of the molecule is CN(C(=O)c1ccc(-c2ncon2)cc1)C1CCNCC1. The van der Waals surface area contributed by atoms with Gasteiger partial charge in [0.05, 0.1) is 0 Å². The Labute approximate surface area is 123 Å². The van der Waals surface area contributed by atoms with Crippen LogP contribution in [0.2, 0.25) is 0 Å². The van der Waals surface area contributed by atoms with Crippen LogP contribution in [0.5, 0.6) is 0 Å². The Bertz CT molecular complexity index is 589. The van der Waals surface area contributed by atoms with Gasteiger partial charge in [0, 0.05) is 24.2 Å². The molecule has 1 aliphatic heterocycles. The maximum atomic E-state index is 12.5.